The number of ether oxygens (including phenoxy) is 4. The number of aliphatic carboxylic acids is 1. The van der Waals surface area contributed by atoms with Crippen LogP contribution in [-0.4, -0.2) is 154 Å². The Hall–Kier alpha value is -5.51. The Balaban J connectivity index is 0.810. The highest BCUT2D eigenvalue weighted by Crippen LogP contribution is 2.46. The summed E-state index contributed by atoms with van der Waals surface area (Å²) >= 11 is 1.92. The normalized spacial score (nSPS) is 17.0. The summed E-state index contributed by atoms with van der Waals surface area (Å²) < 4.78 is 97.9. The topological polar surface area (TPSA) is 342 Å². The molecule has 0 radical (unpaired) electrons. The minimum absolute atomic E-state index is 0.0387. The van der Waals surface area contributed by atoms with Gasteiger partial charge in [-0.3, -0.25) is 33.7 Å². The van der Waals surface area contributed by atoms with Crippen LogP contribution in [0.2, 0.25) is 0 Å². The number of benzene rings is 3. The van der Waals surface area contributed by atoms with Gasteiger partial charge in [0.25, 0.3) is 26.1 Å². The molecular weight excluding hydrogens is 1060 g/mol. The van der Waals surface area contributed by atoms with E-state index >= 15 is 0 Å². The summed E-state index contributed by atoms with van der Waals surface area (Å²) in [5.74, 6) is -2.11. The Morgan fingerprint density at radius 1 is 0.831 bits per heavy atom. The zero-order valence-corrected chi connectivity index (χ0v) is 45.7. The second-order valence-corrected chi connectivity index (χ2v) is 22.9. The van der Waals surface area contributed by atoms with Crippen molar-refractivity contribution in [1.82, 2.24) is 15.5 Å². The van der Waals surface area contributed by atoms with E-state index in [9.17, 15) is 55.0 Å². The Bertz CT molecular complexity index is 3010. The molecule has 6 rings (SSSR count). The van der Waals surface area contributed by atoms with E-state index < -0.39 is 70.2 Å². The maximum Gasteiger partial charge on any atom is 0.318 e. The highest BCUT2D eigenvalue weighted by Gasteiger charge is 2.47. The van der Waals surface area contributed by atoms with Crippen LogP contribution in [0.15, 0.2) is 56.7 Å². The number of nitrogens with one attached hydrogen (secondary N) is 3. The van der Waals surface area contributed by atoms with Crippen LogP contribution in [0.5, 0.6) is 0 Å². The molecule has 0 bridgehead atoms. The first-order valence-corrected chi connectivity index (χ1v) is 29.6. The van der Waals surface area contributed by atoms with Crippen molar-refractivity contribution >= 4 is 78.1 Å². The van der Waals surface area contributed by atoms with Gasteiger partial charge in [-0.2, -0.15) is 28.6 Å². The number of hydrogen-bond donors (Lipinski definition) is 7. The number of nitrogens with two attached hydrogens (primary N) is 1. The molecule has 1 aliphatic carbocycles. The maximum atomic E-state index is 13.2. The number of urea groups is 1. The zero-order chi connectivity index (χ0) is 55.9. The summed E-state index contributed by atoms with van der Waals surface area (Å²) in [6, 6.07) is 10.2. The van der Waals surface area contributed by atoms with Gasteiger partial charge in [-0.15, -0.1) is 0 Å². The van der Waals surface area contributed by atoms with Crippen LogP contribution in [0.3, 0.4) is 0 Å². The van der Waals surface area contributed by atoms with Crippen LogP contribution < -0.4 is 21.7 Å². The molecule has 2 aromatic carbocycles. The molecular formula is C52H69N5O17S3. The standard InChI is InChI=1S/C52H69N5O17S3/c1-3-57-45-42(56-52(57)63)31-75-43(45)12-5-4-10-35(58)11-8-21-70-23-25-72-27-28-73-26-24-71-22-19-36(59)30-34(51(61)62)9-6-7-20-55-50(60)33-13-14-37(32(2)29-33)44-38-15-17-40(53)48(76(64,65)66)46(38)74-47-39(44)16-18-41(54)49(47)77(67,68)69/h13-18,29,34,42-43,45,53H,3-12,19-28,30-31,54H2,1-2H3,(H,55,60)(H,56,63)(H,61,62)(H,64,65,66)(H,67,68,69)/t34-,42+,43+,45+/m1/s1. The molecule has 3 heterocycles. The molecule has 3 aliphatic heterocycles. The molecule has 8 N–H and O–H groups in total. The van der Waals surface area contributed by atoms with Crippen molar-refractivity contribution < 1.29 is 78.4 Å². The Morgan fingerprint density at radius 2 is 1.48 bits per heavy atom. The van der Waals surface area contributed by atoms with Gasteiger partial charge < -0.3 is 49.7 Å². The lowest BCUT2D eigenvalue weighted by Crippen LogP contribution is -2.40. The molecule has 22 nitrogen and oxygen atoms in total. The van der Waals surface area contributed by atoms with Crippen LogP contribution in [0.4, 0.5) is 10.5 Å². The second kappa shape index (κ2) is 28.4. The van der Waals surface area contributed by atoms with E-state index in [-0.39, 0.29) is 97.4 Å². The molecule has 25 heteroatoms. The average Bonchev–Trinajstić information content (AvgIpc) is 3.93. The summed E-state index contributed by atoms with van der Waals surface area (Å²) in [5, 5.41) is 23.7. The van der Waals surface area contributed by atoms with Gasteiger partial charge in [0.2, 0.25) is 0 Å². The largest absolute Gasteiger partial charge is 0.481 e. The quantitative estimate of drug-likeness (QED) is 0.00942. The Labute approximate surface area is 451 Å². The van der Waals surface area contributed by atoms with Gasteiger partial charge in [0.05, 0.1) is 75.3 Å². The fraction of sp³-hybridized carbons (Fsp3) is 0.538. The van der Waals surface area contributed by atoms with E-state index in [0.717, 1.165) is 31.1 Å². The number of aryl methyl sites for hydroxylation is 1. The number of hydrogen-bond acceptors (Lipinski definition) is 17. The lowest BCUT2D eigenvalue weighted by Gasteiger charge is -2.26. The van der Waals surface area contributed by atoms with E-state index in [2.05, 4.69) is 10.6 Å². The number of carbonyl (C=O) groups excluding carboxylic acids is 4. The number of ketones is 2. The predicted octanol–water partition coefficient (Wildman–Crippen LogP) is 5.89. The molecule has 3 amide bonds. The number of nitrogens with zero attached hydrogens (tertiary/aromatic N) is 1. The number of carbonyl (C=O) groups is 5. The molecule has 2 aromatic rings. The van der Waals surface area contributed by atoms with Crippen molar-refractivity contribution in [3.05, 3.63) is 58.9 Å². The Kier molecular flexibility index (Phi) is 22.4. The second-order valence-electron chi connectivity index (χ2n) is 19.0. The van der Waals surface area contributed by atoms with Crippen molar-refractivity contribution in [2.45, 2.75) is 112 Å². The van der Waals surface area contributed by atoms with E-state index in [1.165, 1.54) is 36.4 Å². The Morgan fingerprint density at radius 3 is 2.13 bits per heavy atom. The minimum Gasteiger partial charge on any atom is -0.481 e. The SMILES string of the molecule is CCN1C(=O)N[C@H]2CS[C@@H](CCCCC(=O)CCCOCCOCCOCCOCCC(=O)C[C@@H](CCCCNC(=O)c3ccc(-c4c5ccc(=N)c(S(=O)(=O)O)c-5oc5c(S(=O)(=O)O)c(N)ccc45)c(C)c3)C(=O)O)[C@H]21. The molecule has 2 fully saturated rings. The number of carboxylic acids is 1. The third-order valence-corrected chi connectivity index (χ3v) is 16.8. The van der Waals surface area contributed by atoms with Crippen molar-refractivity contribution in [3.8, 4) is 22.5 Å². The first-order chi connectivity index (χ1) is 36.7. The maximum absolute atomic E-state index is 13.2. The summed E-state index contributed by atoms with van der Waals surface area (Å²) in [7, 11) is -10.2. The highest BCUT2D eigenvalue weighted by molar-refractivity contribution is 8.00. The smallest absolute Gasteiger partial charge is 0.318 e. The molecule has 0 spiro atoms. The molecule has 77 heavy (non-hydrogen) atoms. The summed E-state index contributed by atoms with van der Waals surface area (Å²) in [6.45, 7) is 7.18. The summed E-state index contributed by atoms with van der Waals surface area (Å²) in [6.07, 6.45) is 5.46. The number of nitrogen functional groups attached to an aromatic ring is 1. The summed E-state index contributed by atoms with van der Waals surface area (Å²) in [4.78, 5) is 62.4. The van der Waals surface area contributed by atoms with Gasteiger partial charge >= 0.3 is 12.0 Å². The molecule has 0 saturated carbocycles. The molecule has 4 aliphatic rings. The van der Waals surface area contributed by atoms with Crippen LogP contribution in [-0.2, 0) is 53.6 Å². The van der Waals surface area contributed by atoms with Crippen molar-refractivity contribution in [2.24, 2.45) is 5.92 Å². The fourth-order valence-electron chi connectivity index (χ4n) is 9.72. The number of likely N-dealkylation sites (N-methyl/N-ethyl adjacent to an activating group) is 1. The van der Waals surface area contributed by atoms with Crippen molar-refractivity contribution in [2.75, 3.05) is 77.4 Å². The molecule has 2 saturated heterocycles. The number of rotatable bonds is 34. The van der Waals surface area contributed by atoms with Crippen LogP contribution in [0, 0.1) is 18.3 Å². The van der Waals surface area contributed by atoms with Gasteiger partial charge in [0.15, 0.2) is 21.1 Å². The van der Waals surface area contributed by atoms with Gasteiger partial charge in [0, 0.05) is 78.5 Å². The van der Waals surface area contributed by atoms with Crippen molar-refractivity contribution in [1.29, 1.82) is 5.41 Å². The van der Waals surface area contributed by atoms with Crippen LogP contribution in [0.1, 0.15) is 93.5 Å². The number of Topliss-reactive ketones (excluding diaryl/α,β-unsaturated/α-hetero) is 2. The molecule has 4 atom stereocenters. The van der Waals surface area contributed by atoms with Gasteiger partial charge in [0.1, 0.15) is 11.6 Å². The first-order valence-electron chi connectivity index (χ1n) is 25.7. The van der Waals surface area contributed by atoms with E-state index in [0.29, 0.717) is 88.1 Å². The predicted molar refractivity (Wildman–Crippen MR) is 285 cm³/mol. The monoisotopic (exact) mass is 1130 g/mol. The van der Waals surface area contributed by atoms with Gasteiger partial charge in [-0.05, 0) is 93.5 Å². The zero-order valence-electron chi connectivity index (χ0n) is 43.2. The van der Waals surface area contributed by atoms with E-state index in [1.54, 1.807) is 6.92 Å². The van der Waals surface area contributed by atoms with Crippen molar-refractivity contribution in [3.63, 3.8) is 0 Å². The minimum atomic E-state index is -5.10. The van der Waals surface area contributed by atoms with E-state index in [1.807, 2.05) is 23.6 Å². The lowest BCUT2D eigenvalue weighted by atomic mass is 9.90. The third kappa shape index (κ3) is 16.5. The highest BCUT2D eigenvalue weighted by atomic mass is 32.2. The fourth-order valence-corrected chi connectivity index (χ4v) is 12.8. The molecule has 0 unspecified atom stereocenters. The average molecular weight is 1130 g/mol. The number of fused-ring (bicyclic) bond motifs is 3. The number of anilines is 1. The third-order valence-electron chi connectivity index (χ3n) is 13.5. The summed E-state index contributed by atoms with van der Waals surface area (Å²) in [5.41, 5.74) is 6.29. The number of thioether (sulfide) groups is 1. The first kappa shape index (κ1) is 60.7. The number of unbranched alkanes of at least 4 members (excludes halogenated alkanes) is 2. The van der Waals surface area contributed by atoms with Crippen LogP contribution in [0.25, 0.3) is 33.4 Å². The number of carboxylic acid groups (broad SMARTS) is 1. The lowest BCUT2D eigenvalue weighted by molar-refractivity contribution is -0.144. The van der Waals surface area contributed by atoms with Gasteiger partial charge in [-0.1, -0.05) is 18.9 Å². The number of amides is 3. The van der Waals surface area contributed by atoms with Gasteiger partial charge in [-0.25, -0.2) is 4.79 Å². The van der Waals surface area contributed by atoms with E-state index in [4.69, 9.17) is 34.5 Å². The molecule has 0 aromatic heterocycles. The molecule has 422 valence electrons. The van der Waals surface area contributed by atoms with Crippen LogP contribution >= 0.6 is 11.8 Å².